The lowest BCUT2D eigenvalue weighted by Crippen LogP contribution is -2.03. The van der Waals surface area contributed by atoms with Crippen LogP contribution in [0.3, 0.4) is 0 Å². The molecule has 0 amide bonds. The summed E-state index contributed by atoms with van der Waals surface area (Å²) >= 11 is 6.08. The quantitative estimate of drug-likeness (QED) is 0.699. The van der Waals surface area contributed by atoms with E-state index in [0.29, 0.717) is 5.56 Å². The predicted octanol–water partition coefficient (Wildman–Crippen LogP) is 3.77. The van der Waals surface area contributed by atoms with Gasteiger partial charge in [0.1, 0.15) is 0 Å². The van der Waals surface area contributed by atoms with Crippen molar-refractivity contribution in [1.29, 1.82) is 0 Å². The van der Waals surface area contributed by atoms with Crippen LogP contribution in [0, 0.1) is 11.7 Å². The van der Waals surface area contributed by atoms with Gasteiger partial charge in [-0.2, -0.15) is 0 Å². The summed E-state index contributed by atoms with van der Waals surface area (Å²) in [6.45, 7) is 3.91. The summed E-state index contributed by atoms with van der Waals surface area (Å²) in [7, 11) is 1.45. The molecule has 0 fully saturated rings. The number of ether oxygens (including phenoxy) is 1. The Morgan fingerprint density at radius 3 is 2.50 bits per heavy atom. The predicted molar refractivity (Wildman–Crippen MR) is 56.4 cm³/mol. The van der Waals surface area contributed by atoms with Crippen LogP contribution in [0.1, 0.15) is 24.8 Å². The van der Waals surface area contributed by atoms with Crippen molar-refractivity contribution in [2.24, 2.45) is 5.92 Å². The van der Waals surface area contributed by atoms with Gasteiger partial charge in [0.2, 0.25) is 0 Å². The molecule has 0 aromatic heterocycles. The summed E-state index contributed by atoms with van der Waals surface area (Å²) < 4.78 is 18.6. The molecule has 14 heavy (non-hydrogen) atoms. The first-order valence-corrected chi connectivity index (χ1v) is 4.98. The van der Waals surface area contributed by atoms with E-state index in [9.17, 15) is 4.39 Å². The number of alkyl halides is 1. The lowest BCUT2D eigenvalue weighted by atomic mass is 10.0. The first kappa shape index (κ1) is 11.3. The molecule has 1 aromatic rings. The lowest BCUT2D eigenvalue weighted by molar-refractivity contribution is 0.382. The van der Waals surface area contributed by atoms with Crippen molar-refractivity contribution in [3.05, 3.63) is 29.6 Å². The fourth-order valence-corrected chi connectivity index (χ4v) is 1.43. The molecule has 0 spiro atoms. The van der Waals surface area contributed by atoms with E-state index in [4.69, 9.17) is 16.3 Å². The van der Waals surface area contributed by atoms with Gasteiger partial charge in [-0.15, -0.1) is 11.6 Å². The third-order valence-electron chi connectivity index (χ3n) is 2.10. The molecule has 0 N–H and O–H groups in total. The summed E-state index contributed by atoms with van der Waals surface area (Å²) in [6.07, 6.45) is 0. The molecular formula is C11H14ClFO. The Morgan fingerprint density at radius 2 is 2.00 bits per heavy atom. The average Bonchev–Trinajstić information content (AvgIpc) is 2.17. The number of rotatable bonds is 3. The number of methoxy groups -OCH3 is 1. The first-order valence-electron chi connectivity index (χ1n) is 4.54. The smallest absolute Gasteiger partial charge is 0.169 e. The van der Waals surface area contributed by atoms with Crippen molar-refractivity contribution in [3.8, 4) is 5.75 Å². The molecule has 3 heteroatoms. The molecule has 1 nitrogen and oxygen atoms in total. The molecule has 0 aliphatic heterocycles. The highest BCUT2D eigenvalue weighted by Crippen LogP contribution is 2.33. The fourth-order valence-electron chi connectivity index (χ4n) is 1.26. The zero-order chi connectivity index (χ0) is 10.7. The third kappa shape index (κ3) is 2.18. The van der Waals surface area contributed by atoms with Gasteiger partial charge >= 0.3 is 0 Å². The number of halogens is 2. The van der Waals surface area contributed by atoms with Crippen molar-refractivity contribution >= 4 is 11.6 Å². The van der Waals surface area contributed by atoms with E-state index >= 15 is 0 Å². The minimum absolute atomic E-state index is 0.193. The van der Waals surface area contributed by atoms with Gasteiger partial charge < -0.3 is 4.74 Å². The van der Waals surface area contributed by atoms with E-state index in [0.717, 1.165) is 0 Å². The average molecular weight is 217 g/mol. The Labute approximate surface area is 88.8 Å². The van der Waals surface area contributed by atoms with Crippen LogP contribution in [-0.4, -0.2) is 7.11 Å². The van der Waals surface area contributed by atoms with Crippen molar-refractivity contribution in [2.45, 2.75) is 19.2 Å². The second-order valence-corrected chi connectivity index (χ2v) is 3.98. The van der Waals surface area contributed by atoms with Gasteiger partial charge in [-0.25, -0.2) is 4.39 Å². The van der Waals surface area contributed by atoms with Gasteiger partial charge in [-0.1, -0.05) is 26.0 Å². The van der Waals surface area contributed by atoms with Crippen molar-refractivity contribution in [1.82, 2.24) is 0 Å². The van der Waals surface area contributed by atoms with Gasteiger partial charge in [0.25, 0.3) is 0 Å². The van der Waals surface area contributed by atoms with Gasteiger partial charge in [0, 0.05) is 5.56 Å². The molecule has 1 atom stereocenters. The highest BCUT2D eigenvalue weighted by Gasteiger charge is 2.18. The Balaban J connectivity index is 3.09. The van der Waals surface area contributed by atoms with Gasteiger partial charge in [0.15, 0.2) is 11.6 Å². The lowest BCUT2D eigenvalue weighted by Gasteiger charge is -2.15. The Morgan fingerprint density at radius 1 is 1.36 bits per heavy atom. The summed E-state index contributed by atoms with van der Waals surface area (Å²) in [5, 5.41) is -0.315. The third-order valence-corrected chi connectivity index (χ3v) is 2.83. The largest absolute Gasteiger partial charge is 0.494 e. The topological polar surface area (TPSA) is 9.23 Å². The van der Waals surface area contributed by atoms with Gasteiger partial charge in [-0.3, -0.25) is 0 Å². The Kier molecular flexibility index (Phi) is 3.76. The van der Waals surface area contributed by atoms with Gasteiger partial charge in [-0.05, 0) is 12.0 Å². The molecule has 1 unspecified atom stereocenters. The molecule has 0 bridgehead atoms. The molecule has 0 aliphatic carbocycles. The summed E-state index contributed by atoms with van der Waals surface area (Å²) in [4.78, 5) is 0. The van der Waals surface area contributed by atoms with E-state index in [1.54, 1.807) is 18.2 Å². The van der Waals surface area contributed by atoms with Crippen molar-refractivity contribution in [2.75, 3.05) is 7.11 Å². The van der Waals surface area contributed by atoms with Crippen LogP contribution in [-0.2, 0) is 0 Å². The monoisotopic (exact) mass is 216 g/mol. The van der Waals surface area contributed by atoms with Gasteiger partial charge in [0.05, 0.1) is 12.5 Å². The molecule has 0 saturated heterocycles. The maximum atomic E-state index is 13.7. The van der Waals surface area contributed by atoms with Crippen LogP contribution in [0.5, 0.6) is 5.75 Å². The normalized spacial score (nSPS) is 13.0. The number of hydrogen-bond donors (Lipinski definition) is 0. The zero-order valence-electron chi connectivity index (χ0n) is 8.55. The highest BCUT2D eigenvalue weighted by molar-refractivity contribution is 6.21. The van der Waals surface area contributed by atoms with E-state index in [2.05, 4.69) is 0 Å². The van der Waals surface area contributed by atoms with Crippen LogP contribution < -0.4 is 4.74 Å². The summed E-state index contributed by atoms with van der Waals surface area (Å²) in [6, 6.07) is 5.02. The van der Waals surface area contributed by atoms with E-state index < -0.39 is 0 Å². The first-order chi connectivity index (χ1) is 6.57. The second-order valence-electron chi connectivity index (χ2n) is 3.51. The summed E-state index contributed by atoms with van der Waals surface area (Å²) in [5.41, 5.74) is 0.501. The molecule has 0 heterocycles. The van der Waals surface area contributed by atoms with E-state index in [-0.39, 0.29) is 22.9 Å². The summed E-state index contributed by atoms with van der Waals surface area (Å²) in [5.74, 6) is 0.0794. The standard InChI is InChI=1S/C11H14ClFO/c1-7(2)10(12)8-5-4-6-9(14-3)11(8)13/h4-7,10H,1-3H3. The molecule has 0 aliphatic rings. The van der Waals surface area contributed by atoms with E-state index in [1.165, 1.54) is 7.11 Å². The Hall–Kier alpha value is -0.760. The maximum Gasteiger partial charge on any atom is 0.169 e. The van der Waals surface area contributed by atoms with Crippen LogP contribution in [0.4, 0.5) is 4.39 Å². The SMILES string of the molecule is COc1cccc(C(Cl)C(C)C)c1F. The molecule has 78 valence electrons. The number of benzene rings is 1. The van der Waals surface area contributed by atoms with Crippen molar-refractivity contribution in [3.63, 3.8) is 0 Å². The van der Waals surface area contributed by atoms with E-state index in [1.807, 2.05) is 13.8 Å². The molecule has 0 saturated carbocycles. The van der Waals surface area contributed by atoms with Crippen LogP contribution in [0.25, 0.3) is 0 Å². The van der Waals surface area contributed by atoms with Crippen LogP contribution in [0.15, 0.2) is 18.2 Å². The van der Waals surface area contributed by atoms with Crippen molar-refractivity contribution < 1.29 is 9.13 Å². The molecule has 0 radical (unpaired) electrons. The molecule has 1 aromatic carbocycles. The van der Waals surface area contributed by atoms with Crippen LogP contribution in [0.2, 0.25) is 0 Å². The second kappa shape index (κ2) is 4.65. The minimum Gasteiger partial charge on any atom is -0.494 e. The minimum atomic E-state index is -0.358. The fraction of sp³-hybridized carbons (Fsp3) is 0.455. The molecular weight excluding hydrogens is 203 g/mol. The zero-order valence-corrected chi connectivity index (χ0v) is 9.31. The highest BCUT2D eigenvalue weighted by atomic mass is 35.5. The number of hydrogen-bond acceptors (Lipinski definition) is 1. The maximum absolute atomic E-state index is 13.7. The Bertz CT molecular complexity index is 312. The molecule has 1 rings (SSSR count). The van der Waals surface area contributed by atoms with Crippen LogP contribution >= 0.6 is 11.6 Å².